The zero-order chi connectivity index (χ0) is 19.4. The Morgan fingerprint density at radius 1 is 0.917 bits per heavy atom. The van der Waals surface area contributed by atoms with Gasteiger partial charge in [-0.15, -0.1) is 0 Å². The summed E-state index contributed by atoms with van der Waals surface area (Å²) in [7, 11) is -13.4. The van der Waals surface area contributed by atoms with Crippen molar-refractivity contribution in [3.05, 3.63) is 34.2 Å². The molecule has 1 heterocycles. The molecule has 140 valence electrons. The summed E-state index contributed by atoms with van der Waals surface area (Å²) in [5, 5.41) is 0. The molecule has 0 saturated heterocycles. The number of rotatable bonds is 3. The van der Waals surface area contributed by atoms with Gasteiger partial charge < -0.3 is 4.13 Å². The molecule has 0 aliphatic heterocycles. The van der Waals surface area contributed by atoms with Gasteiger partial charge in [-0.2, -0.15) is 26.3 Å². The summed E-state index contributed by atoms with van der Waals surface area (Å²) in [6.45, 7) is 5.29. The highest BCUT2D eigenvalue weighted by molar-refractivity contribution is 8.13. The molecule has 0 aliphatic rings. The maximum absolute atomic E-state index is 11.4. The Kier molecular flexibility index (Phi) is 7.20. The van der Waals surface area contributed by atoms with Gasteiger partial charge in [0.05, 0.1) is 0 Å². The Morgan fingerprint density at radius 2 is 1.25 bits per heavy atom. The molecule has 0 aliphatic carbocycles. The number of alkyl halides is 6. The Balaban J connectivity index is 0.000000496. The number of hydrogen-bond donors (Lipinski definition) is 0. The number of pyridine rings is 1. The van der Waals surface area contributed by atoms with Crippen LogP contribution in [0.1, 0.15) is 12.5 Å². The van der Waals surface area contributed by atoms with Crippen molar-refractivity contribution >= 4 is 20.0 Å². The molecule has 24 heavy (non-hydrogen) atoms. The minimum atomic E-state index is -6.72. The zero-order valence-electron chi connectivity index (χ0n) is 12.1. The van der Waals surface area contributed by atoms with Crippen LogP contribution >= 0.6 is 0 Å². The van der Waals surface area contributed by atoms with Gasteiger partial charge in [0.25, 0.3) is 0 Å². The molecule has 6 nitrogen and oxygen atoms in total. The molecule has 0 aromatic carbocycles. The first-order valence-corrected chi connectivity index (χ1v) is 8.74. The van der Waals surface area contributed by atoms with Crippen LogP contribution in [0.2, 0.25) is 0 Å². The van der Waals surface area contributed by atoms with E-state index in [1.54, 1.807) is 0 Å². The standard InChI is InChI=1S/C8H12N.C2F6NO4S2/c1-3-9-6-4-8(2)5-7-9;3-1(4,5)14(10,11)9-15(12,13)2(6,7)8/h4-7H,3H2,1-2H3;/q+1;-1. The van der Waals surface area contributed by atoms with Crippen molar-refractivity contribution in [2.45, 2.75) is 31.4 Å². The Bertz CT molecular complexity index is 697. The van der Waals surface area contributed by atoms with Crippen LogP contribution in [0, 0.1) is 6.92 Å². The van der Waals surface area contributed by atoms with Crippen molar-refractivity contribution in [3.8, 4) is 0 Å². The monoisotopic (exact) mass is 402 g/mol. The molecule has 0 bridgehead atoms. The van der Waals surface area contributed by atoms with Crippen LogP contribution in [0.15, 0.2) is 24.5 Å². The van der Waals surface area contributed by atoms with Crippen LogP contribution in [0.3, 0.4) is 0 Å². The highest BCUT2D eigenvalue weighted by atomic mass is 32.3. The molecule has 0 saturated carbocycles. The van der Waals surface area contributed by atoms with E-state index >= 15 is 0 Å². The highest BCUT2D eigenvalue weighted by Gasteiger charge is 2.46. The van der Waals surface area contributed by atoms with E-state index in [1.807, 2.05) is 0 Å². The third kappa shape index (κ3) is 6.60. The minimum Gasteiger partial charge on any atom is -0.421 e. The first kappa shape index (κ1) is 22.6. The fourth-order valence-electron chi connectivity index (χ4n) is 0.956. The number of sulfonamides is 2. The van der Waals surface area contributed by atoms with Crippen LogP contribution in [0.4, 0.5) is 26.3 Å². The van der Waals surface area contributed by atoms with E-state index in [-0.39, 0.29) is 0 Å². The number of nitrogens with zero attached hydrogens (tertiary/aromatic N) is 2. The average molecular weight is 402 g/mol. The van der Waals surface area contributed by atoms with Gasteiger partial charge in [-0.25, -0.2) is 21.4 Å². The van der Waals surface area contributed by atoms with Gasteiger partial charge in [0.15, 0.2) is 32.4 Å². The van der Waals surface area contributed by atoms with Gasteiger partial charge in [-0.1, -0.05) is 0 Å². The van der Waals surface area contributed by atoms with Gasteiger partial charge >= 0.3 is 11.0 Å². The fraction of sp³-hybridized carbons (Fsp3) is 0.500. The van der Waals surface area contributed by atoms with E-state index in [2.05, 4.69) is 42.9 Å². The summed E-state index contributed by atoms with van der Waals surface area (Å²) in [6.07, 6.45) is 4.19. The average Bonchev–Trinajstić information content (AvgIpc) is 2.36. The zero-order valence-corrected chi connectivity index (χ0v) is 13.8. The lowest BCUT2D eigenvalue weighted by Crippen LogP contribution is -2.30. The predicted octanol–water partition coefficient (Wildman–Crippen LogP) is 2.36. The van der Waals surface area contributed by atoms with E-state index in [0.717, 1.165) is 10.7 Å². The van der Waals surface area contributed by atoms with Crippen molar-refractivity contribution in [2.24, 2.45) is 0 Å². The molecule has 0 atom stereocenters. The number of aryl methyl sites for hydroxylation is 2. The molecule has 14 heteroatoms. The number of aromatic nitrogens is 1. The van der Waals surface area contributed by atoms with Gasteiger partial charge in [0.1, 0.15) is 6.54 Å². The third-order valence-corrected chi connectivity index (χ3v) is 4.94. The van der Waals surface area contributed by atoms with Crippen molar-refractivity contribution in [2.75, 3.05) is 0 Å². The lowest BCUT2D eigenvalue weighted by molar-refractivity contribution is -0.693. The SMILES string of the molecule is CC[n+]1ccc(C)cc1.O=S(=O)([N-]S(=O)(=O)C(F)(F)F)C(F)(F)F. The first-order chi connectivity index (χ1) is 10.5. The second-order valence-electron chi connectivity index (χ2n) is 4.12. The third-order valence-electron chi connectivity index (χ3n) is 2.20. The van der Waals surface area contributed by atoms with Crippen LogP contribution in [0.25, 0.3) is 4.13 Å². The summed E-state index contributed by atoms with van der Waals surface area (Å²) in [5.41, 5.74) is -11.1. The summed E-state index contributed by atoms with van der Waals surface area (Å²) < 4.78 is 111. The van der Waals surface area contributed by atoms with Crippen LogP contribution in [-0.4, -0.2) is 27.9 Å². The molecule has 0 amide bonds. The van der Waals surface area contributed by atoms with Crippen molar-refractivity contribution in [1.82, 2.24) is 0 Å². The number of hydrogen-bond acceptors (Lipinski definition) is 4. The first-order valence-electron chi connectivity index (χ1n) is 5.86. The maximum atomic E-state index is 11.4. The maximum Gasteiger partial charge on any atom is 0.480 e. The van der Waals surface area contributed by atoms with Crippen molar-refractivity contribution in [1.29, 1.82) is 0 Å². The van der Waals surface area contributed by atoms with Crippen molar-refractivity contribution < 1.29 is 47.7 Å². The molecule has 0 radical (unpaired) electrons. The summed E-state index contributed by atoms with van der Waals surface area (Å²) in [6, 6.07) is 4.23. The van der Waals surface area contributed by atoms with Gasteiger partial charge in [0, 0.05) is 12.1 Å². The van der Waals surface area contributed by atoms with E-state index in [1.165, 1.54) is 5.56 Å². The molecule has 0 unspecified atom stereocenters. The topological polar surface area (TPSA) is 86.3 Å². The van der Waals surface area contributed by atoms with Gasteiger partial charge in [0.2, 0.25) is 0 Å². The quantitative estimate of drug-likeness (QED) is 0.574. The smallest absolute Gasteiger partial charge is 0.421 e. The van der Waals surface area contributed by atoms with Crippen molar-refractivity contribution in [3.63, 3.8) is 0 Å². The molecule has 0 spiro atoms. The van der Waals surface area contributed by atoms with Crippen LogP contribution < -0.4 is 4.57 Å². The van der Waals surface area contributed by atoms with Gasteiger partial charge in [-0.3, -0.25) is 0 Å². The Hall–Kier alpha value is -1.41. The predicted molar refractivity (Wildman–Crippen MR) is 70.4 cm³/mol. The molecule has 0 fully saturated rings. The van der Waals surface area contributed by atoms with E-state index in [0.29, 0.717) is 0 Å². The Labute approximate surface area is 134 Å². The summed E-state index contributed by atoms with van der Waals surface area (Å²) >= 11 is 0. The molecule has 0 N–H and O–H groups in total. The Morgan fingerprint density at radius 3 is 1.50 bits per heavy atom. The second kappa shape index (κ2) is 7.65. The van der Waals surface area contributed by atoms with E-state index in [9.17, 15) is 43.2 Å². The molecular weight excluding hydrogens is 390 g/mol. The van der Waals surface area contributed by atoms with Crippen LogP contribution in [0.5, 0.6) is 0 Å². The fourth-order valence-corrected chi connectivity index (χ4v) is 2.67. The molecule has 1 aromatic heterocycles. The largest absolute Gasteiger partial charge is 0.480 e. The number of halogens is 6. The van der Waals surface area contributed by atoms with E-state index < -0.39 is 31.1 Å². The van der Waals surface area contributed by atoms with Crippen LogP contribution in [-0.2, 0) is 26.6 Å². The molecule has 1 aromatic rings. The molecule has 1 rings (SSSR count). The second-order valence-corrected chi connectivity index (χ2v) is 7.54. The highest BCUT2D eigenvalue weighted by Crippen LogP contribution is 2.36. The molecular formula is C10H12F6N2O4S2. The lowest BCUT2D eigenvalue weighted by atomic mass is 10.3. The lowest BCUT2D eigenvalue weighted by Gasteiger charge is -2.22. The normalized spacial score (nSPS) is 13.2. The van der Waals surface area contributed by atoms with E-state index in [4.69, 9.17) is 0 Å². The van der Waals surface area contributed by atoms with Gasteiger partial charge in [-0.05, 0) is 19.4 Å². The summed E-state index contributed by atoms with van der Waals surface area (Å²) in [5.74, 6) is 0. The summed E-state index contributed by atoms with van der Waals surface area (Å²) in [4.78, 5) is 0. The minimum absolute atomic E-state index is 0.778.